The van der Waals surface area contributed by atoms with E-state index in [2.05, 4.69) is 49.6 Å². The second-order valence-electron chi connectivity index (χ2n) is 6.00. The molecule has 0 aliphatic heterocycles. The Kier molecular flexibility index (Phi) is 5.99. The quantitative estimate of drug-likeness (QED) is 0.799. The summed E-state index contributed by atoms with van der Waals surface area (Å²) in [5, 5.41) is 7.08. The van der Waals surface area contributed by atoms with Crippen LogP contribution in [0.1, 0.15) is 23.6 Å². The smallest absolute Gasteiger partial charge is 0.171 e. The van der Waals surface area contributed by atoms with Gasteiger partial charge in [0.25, 0.3) is 0 Å². The lowest BCUT2D eigenvalue weighted by Gasteiger charge is -2.18. The monoisotopic (exact) mass is 328 g/mol. The lowest BCUT2D eigenvalue weighted by atomic mass is 10.1. The van der Waals surface area contributed by atoms with Gasteiger partial charge < -0.3 is 15.4 Å². The van der Waals surface area contributed by atoms with E-state index in [1.165, 1.54) is 16.7 Å². The number of rotatable bonds is 5. The number of benzene rings is 2. The second-order valence-corrected chi connectivity index (χ2v) is 6.41. The van der Waals surface area contributed by atoms with E-state index in [-0.39, 0.29) is 6.04 Å². The molecular formula is C19H24N2OS. The van der Waals surface area contributed by atoms with Crippen LogP contribution in [-0.4, -0.2) is 17.8 Å². The van der Waals surface area contributed by atoms with Gasteiger partial charge in [-0.05, 0) is 75.3 Å². The van der Waals surface area contributed by atoms with Gasteiger partial charge in [0.05, 0.1) is 6.04 Å². The molecular weight excluding hydrogens is 304 g/mol. The zero-order valence-corrected chi connectivity index (χ0v) is 15.0. The van der Waals surface area contributed by atoms with E-state index in [1.54, 1.807) is 0 Å². The van der Waals surface area contributed by atoms with E-state index >= 15 is 0 Å². The molecule has 2 aromatic rings. The predicted octanol–water partition coefficient (Wildman–Crippen LogP) is 4.37. The van der Waals surface area contributed by atoms with Gasteiger partial charge in [0, 0.05) is 5.69 Å². The minimum absolute atomic E-state index is 0.113. The van der Waals surface area contributed by atoms with Crippen LogP contribution in [0.15, 0.2) is 42.5 Å². The Bertz CT molecular complexity index is 647. The van der Waals surface area contributed by atoms with Crippen LogP contribution in [0.4, 0.5) is 5.69 Å². The van der Waals surface area contributed by atoms with Gasteiger partial charge in [0.2, 0.25) is 0 Å². The second kappa shape index (κ2) is 7.97. The molecule has 0 saturated carbocycles. The van der Waals surface area contributed by atoms with Gasteiger partial charge in [0.1, 0.15) is 12.4 Å². The number of ether oxygens (including phenoxy) is 1. The third kappa shape index (κ3) is 5.91. The molecule has 4 heteroatoms. The fourth-order valence-corrected chi connectivity index (χ4v) is 2.65. The minimum Gasteiger partial charge on any atom is -0.491 e. The topological polar surface area (TPSA) is 33.3 Å². The summed E-state index contributed by atoms with van der Waals surface area (Å²) in [6, 6.07) is 14.5. The van der Waals surface area contributed by atoms with Gasteiger partial charge in [-0.3, -0.25) is 0 Å². The highest BCUT2D eigenvalue weighted by molar-refractivity contribution is 7.80. The summed E-state index contributed by atoms with van der Waals surface area (Å²) in [6.45, 7) is 8.81. The van der Waals surface area contributed by atoms with Crippen molar-refractivity contribution in [1.29, 1.82) is 0 Å². The number of thiocarbonyl (C=S) groups is 1. The first-order valence-electron chi connectivity index (χ1n) is 7.77. The molecule has 0 amide bonds. The molecule has 3 nitrogen and oxygen atoms in total. The Hall–Kier alpha value is -2.07. The van der Waals surface area contributed by atoms with Gasteiger partial charge >= 0.3 is 0 Å². The molecule has 2 rings (SSSR count). The maximum absolute atomic E-state index is 5.76. The van der Waals surface area contributed by atoms with Crippen molar-refractivity contribution in [2.75, 3.05) is 11.9 Å². The normalized spacial score (nSPS) is 11.7. The maximum atomic E-state index is 5.76. The lowest BCUT2D eigenvalue weighted by Crippen LogP contribution is -2.39. The van der Waals surface area contributed by atoms with Crippen LogP contribution in [0, 0.1) is 20.8 Å². The van der Waals surface area contributed by atoms with E-state index in [9.17, 15) is 0 Å². The summed E-state index contributed by atoms with van der Waals surface area (Å²) in [4.78, 5) is 0. The number of anilines is 1. The van der Waals surface area contributed by atoms with E-state index in [0.29, 0.717) is 11.7 Å². The third-order valence-electron chi connectivity index (χ3n) is 3.38. The van der Waals surface area contributed by atoms with E-state index in [4.69, 9.17) is 17.0 Å². The largest absolute Gasteiger partial charge is 0.491 e. The van der Waals surface area contributed by atoms with E-state index in [1.807, 2.05) is 31.2 Å². The first-order chi connectivity index (χ1) is 10.9. The molecule has 0 aliphatic carbocycles. The SMILES string of the molecule is Cc1ccc(OC[C@@H](C)NC(=S)Nc2cc(C)cc(C)c2)cc1. The molecule has 0 bridgehead atoms. The van der Waals surface area contributed by atoms with Crippen LogP contribution >= 0.6 is 12.2 Å². The molecule has 1 atom stereocenters. The van der Waals surface area contributed by atoms with Crippen LogP contribution in [0.25, 0.3) is 0 Å². The summed E-state index contributed by atoms with van der Waals surface area (Å²) in [7, 11) is 0. The Labute approximate surface area is 144 Å². The molecule has 0 saturated heterocycles. The molecule has 0 spiro atoms. The highest BCUT2D eigenvalue weighted by Crippen LogP contribution is 2.14. The molecule has 0 radical (unpaired) electrons. The van der Waals surface area contributed by atoms with Crippen molar-refractivity contribution in [3.63, 3.8) is 0 Å². The molecule has 2 N–H and O–H groups in total. The summed E-state index contributed by atoms with van der Waals surface area (Å²) in [5.74, 6) is 0.873. The van der Waals surface area contributed by atoms with Gasteiger partial charge in [-0.2, -0.15) is 0 Å². The maximum Gasteiger partial charge on any atom is 0.171 e. The molecule has 23 heavy (non-hydrogen) atoms. The molecule has 122 valence electrons. The van der Waals surface area contributed by atoms with Gasteiger partial charge in [-0.1, -0.05) is 23.8 Å². The lowest BCUT2D eigenvalue weighted by molar-refractivity contribution is 0.287. The summed E-state index contributed by atoms with van der Waals surface area (Å²) < 4.78 is 5.76. The van der Waals surface area contributed by atoms with Crippen LogP contribution < -0.4 is 15.4 Å². The highest BCUT2D eigenvalue weighted by Gasteiger charge is 2.06. The number of nitrogens with one attached hydrogen (secondary N) is 2. The van der Waals surface area contributed by atoms with Crippen LogP contribution in [-0.2, 0) is 0 Å². The standard InChI is InChI=1S/C19H24N2OS/c1-13-5-7-18(8-6-13)22-12-16(4)20-19(23)21-17-10-14(2)9-15(3)11-17/h5-11,16H,12H2,1-4H3,(H2,20,21,23)/t16-/m1/s1. The van der Waals surface area contributed by atoms with Crippen molar-refractivity contribution in [2.45, 2.75) is 33.7 Å². The number of aryl methyl sites for hydroxylation is 3. The Balaban J connectivity index is 1.81. The number of hydrogen-bond donors (Lipinski definition) is 2. The zero-order chi connectivity index (χ0) is 16.8. The molecule has 0 unspecified atom stereocenters. The van der Waals surface area contributed by atoms with Crippen molar-refractivity contribution < 1.29 is 4.74 Å². The molecule has 2 aromatic carbocycles. The van der Waals surface area contributed by atoms with Crippen molar-refractivity contribution in [3.8, 4) is 5.75 Å². The van der Waals surface area contributed by atoms with Gasteiger partial charge in [-0.15, -0.1) is 0 Å². The Morgan fingerprint density at radius 2 is 1.61 bits per heavy atom. The predicted molar refractivity (Wildman–Crippen MR) is 101 cm³/mol. The van der Waals surface area contributed by atoms with E-state index < -0.39 is 0 Å². The minimum atomic E-state index is 0.113. The summed E-state index contributed by atoms with van der Waals surface area (Å²) >= 11 is 5.37. The highest BCUT2D eigenvalue weighted by atomic mass is 32.1. The average Bonchev–Trinajstić information content (AvgIpc) is 2.45. The van der Waals surface area contributed by atoms with Crippen molar-refractivity contribution >= 4 is 23.0 Å². The van der Waals surface area contributed by atoms with Crippen LogP contribution in [0.5, 0.6) is 5.75 Å². The third-order valence-corrected chi connectivity index (χ3v) is 3.60. The average molecular weight is 328 g/mol. The fraction of sp³-hybridized carbons (Fsp3) is 0.316. The molecule has 0 aliphatic rings. The fourth-order valence-electron chi connectivity index (χ4n) is 2.34. The molecule has 0 heterocycles. The van der Waals surface area contributed by atoms with Gasteiger partial charge in [0.15, 0.2) is 5.11 Å². The summed E-state index contributed by atoms with van der Waals surface area (Å²) in [5.41, 5.74) is 4.66. The Morgan fingerprint density at radius 1 is 1.00 bits per heavy atom. The van der Waals surface area contributed by atoms with Crippen molar-refractivity contribution in [1.82, 2.24) is 5.32 Å². The van der Waals surface area contributed by atoms with E-state index in [0.717, 1.165) is 11.4 Å². The van der Waals surface area contributed by atoms with Crippen molar-refractivity contribution in [2.24, 2.45) is 0 Å². The van der Waals surface area contributed by atoms with Gasteiger partial charge in [-0.25, -0.2) is 0 Å². The van der Waals surface area contributed by atoms with Crippen molar-refractivity contribution in [3.05, 3.63) is 59.2 Å². The zero-order valence-electron chi connectivity index (χ0n) is 14.1. The molecule has 0 fully saturated rings. The molecule has 0 aromatic heterocycles. The first kappa shape index (κ1) is 17.3. The van der Waals surface area contributed by atoms with Crippen LogP contribution in [0.2, 0.25) is 0 Å². The summed E-state index contributed by atoms with van der Waals surface area (Å²) in [6.07, 6.45) is 0. The first-order valence-corrected chi connectivity index (χ1v) is 8.18. The Morgan fingerprint density at radius 3 is 2.22 bits per heavy atom. The van der Waals surface area contributed by atoms with Crippen LogP contribution in [0.3, 0.4) is 0 Å². The number of hydrogen-bond acceptors (Lipinski definition) is 2.